The number of aromatic nitrogens is 1. The van der Waals surface area contributed by atoms with E-state index in [1.165, 1.54) is 6.07 Å². The fourth-order valence-corrected chi connectivity index (χ4v) is 2.81. The van der Waals surface area contributed by atoms with Crippen LogP contribution in [-0.4, -0.2) is 23.0 Å². The van der Waals surface area contributed by atoms with Gasteiger partial charge in [0.2, 0.25) is 0 Å². The molecule has 0 bridgehead atoms. The van der Waals surface area contributed by atoms with Crippen LogP contribution in [-0.2, 0) is 17.6 Å². The average molecular weight is 456 g/mol. The predicted octanol–water partition coefficient (Wildman–Crippen LogP) is 6.52. The number of hydrogen-bond donors (Lipinski definition) is 0. The molecule has 1 aromatic heterocycles. The van der Waals surface area contributed by atoms with Gasteiger partial charge in [0, 0.05) is 11.6 Å². The van der Waals surface area contributed by atoms with Gasteiger partial charge in [0.1, 0.15) is 12.4 Å². The van der Waals surface area contributed by atoms with E-state index in [1.807, 2.05) is 12.1 Å². The molecule has 170 valence electrons. The second-order valence-electron chi connectivity index (χ2n) is 6.99. The van der Waals surface area contributed by atoms with Crippen LogP contribution in [0, 0.1) is 0 Å². The van der Waals surface area contributed by atoms with Gasteiger partial charge in [0.15, 0.2) is 6.10 Å². The number of ether oxygens (including phenoxy) is 1. The Morgan fingerprint density at radius 2 is 1.78 bits per heavy atom. The molecule has 32 heavy (non-hydrogen) atoms. The van der Waals surface area contributed by atoms with E-state index in [4.69, 9.17) is 4.84 Å². The van der Waals surface area contributed by atoms with Crippen molar-refractivity contribution >= 4 is 16.6 Å². The van der Waals surface area contributed by atoms with E-state index in [1.54, 1.807) is 31.3 Å². The molecule has 0 fully saturated rings. The molecule has 10 heteroatoms. The van der Waals surface area contributed by atoms with Crippen LogP contribution in [0.4, 0.5) is 26.3 Å². The summed E-state index contributed by atoms with van der Waals surface area (Å²) in [5.41, 5.74) is 0.782. The molecule has 1 unspecified atom stereocenters. The van der Waals surface area contributed by atoms with Crippen molar-refractivity contribution < 1.29 is 35.9 Å². The standard InChI is InChI=1S/C22H18F6N2O2/c1-13(16-6-7-19-17(11-16)4-3-9-29-19)30-31-12-15-5-8-20(18(10-15)22(26,27)28)32-14(2)21(23,24)25/h3-11,14H,12H2,1-2H3/b30-13+. The van der Waals surface area contributed by atoms with Crippen molar-refractivity contribution in [1.82, 2.24) is 4.98 Å². The number of benzene rings is 2. The number of oxime groups is 1. The lowest BCUT2D eigenvalue weighted by Crippen LogP contribution is -2.31. The summed E-state index contributed by atoms with van der Waals surface area (Å²) in [5.74, 6) is -0.907. The first-order valence-corrected chi connectivity index (χ1v) is 9.40. The number of halogens is 6. The van der Waals surface area contributed by atoms with Crippen LogP contribution >= 0.6 is 0 Å². The minimum absolute atomic E-state index is 0.0728. The maximum atomic E-state index is 13.3. The second kappa shape index (κ2) is 9.05. The van der Waals surface area contributed by atoms with Crippen molar-refractivity contribution in [3.05, 3.63) is 71.4 Å². The van der Waals surface area contributed by atoms with Gasteiger partial charge in [0.05, 0.1) is 16.8 Å². The molecule has 3 aromatic rings. The summed E-state index contributed by atoms with van der Waals surface area (Å²) in [4.78, 5) is 9.39. The number of nitrogens with zero attached hydrogens (tertiary/aromatic N) is 2. The average Bonchev–Trinajstić information content (AvgIpc) is 2.72. The minimum atomic E-state index is -4.91. The molecule has 0 amide bonds. The zero-order valence-electron chi connectivity index (χ0n) is 17.0. The van der Waals surface area contributed by atoms with E-state index in [9.17, 15) is 26.3 Å². The van der Waals surface area contributed by atoms with E-state index >= 15 is 0 Å². The van der Waals surface area contributed by atoms with Crippen LogP contribution in [0.15, 0.2) is 59.9 Å². The van der Waals surface area contributed by atoms with Crippen LogP contribution in [0.1, 0.15) is 30.5 Å². The maximum absolute atomic E-state index is 13.3. The predicted molar refractivity (Wildman–Crippen MR) is 106 cm³/mol. The molecule has 0 aliphatic rings. The summed E-state index contributed by atoms with van der Waals surface area (Å²) in [7, 11) is 0. The minimum Gasteiger partial charge on any atom is -0.481 e. The lowest BCUT2D eigenvalue weighted by Gasteiger charge is -2.21. The molecule has 0 N–H and O–H groups in total. The largest absolute Gasteiger partial charge is 0.481 e. The maximum Gasteiger partial charge on any atom is 0.425 e. The van der Waals surface area contributed by atoms with Gasteiger partial charge in [-0.25, -0.2) is 0 Å². The number of rotatable bonds is 6. The van der Waals surface area contributed by atoms with Crippen molar-refractivity contribution in [2.24, 2.45) is 5.16 Å². The molecule has 0 aliphatic carbocycles. The molecule has 0 spiro atoms. The van der Waals surface area contributed by atoms with Gasteiger partial charge >= 0.3 is 12.4 Å². The van der Waals surface area contributed by atoms with Crippen LogP contribution in [0.5, 0.6) is 5.75 Å². The highest BCUT2D eigenvalue weighted by Gasteiger charge is 2.41. The molecule has 1 heterocycles. The highest BCUT2D eigenvalue weighted by molar-refractivity contribution is 6.01. The van der Waals surface area contributed by atoms with Gasteiger partial charge in [-0.2, -0.15) is 26.3 Å². The quantitative estimate of drug-likeness (QED) is 0.241. The zero-order valence-corrected chi connectivity index (χ0v) is 17.0. The zero-order chi connectivity index (χ0) is 23.5. The van der Waals surface area contributed by atoms with E-state index in [0.717, 1.165) is 22.5 Å². The van der Waals surface area contributed by atoms with Gasteiger partial charge in [-0.1, -0.05) is 23.4 Å². The summed E-state index contributed by atoms with van der Waals surface area (Å²) in [6.07, 6.45) is -10.4. The van der Waals surface area contributed by atoms with Gasteiger partial charge in [-0.15, -0.1) is 0 Å². The fraction of sp³-hybridized carbons (Fsp3) is 0.273. The fourth-order valence-electron chi connectivity index (χ4n) is 2.81. The van der Waals surface area contributed by atoms with E-state index in [-0.39, 0.29) is 12.2 Å². The summed E-state index contributed by atoms with van der Waals surface area (Å²) in [5, 5.41) is 4.81. The van der Waals surface area contributed by atoms with E-state index < -0.39 is 29.8 Å². The lowest BCUT2D eigenvalue weighted by molar-refractivity contribution is -0.191. The summed E-state index contributed by atoms with van der Waals surface area (Å²) < 4.78 is 82.5. The van der Waals surface area contributed by atoms with E-state index in [0.29, 0.717) is 18.7 Å². The molecule has 0 radical (unpaired) electrons. The van der Waals surface area contributed by atoms with Crippen molar-refractivity contribution in [3.63, 3.8) is 0 Å². The van der Waals surface area contributed by atoms with Crippen LogP contribution in [0.25, 0.3) is 10.9 Å². The van der Waals surface area contributed by atoms with Crippen molar-refractivity contribution in [1.29, 1.82) is 0 Å². The monoisotopic (exact) mass is 456 g/mol. The van der Waals surface area contributed by atoms with Crippen LogP contribution in [0.2, 0.25) is 0 Å². The lowest BCUT2D eigenvalue weighted by atomic mass is 10.1. The first kappa shape index (κ1) is 23.4. The van der Waals surface area contributed by atoms with Crippen molar-refractivity contribution in [3.8, 4) is 5.75 Å². The molecule has 3 rings (SSSR count). The van der Waals surface area contributed by atoms with Crippen molar-refractivity contribution in [2.45, 2.75) is 38.9 Å². The van der Waals surface area contributed by atoms with Crippen molar-refractivity contribution in [2.75, 3.05) is 0 Å². The Balaban J connectivity index is 1.75. The third-order valence-corrected chi connectivity index (χ3v) is 4.57. The highest BCUT2D eigenvalue weighted by Crippen LogP contribution is 2.38. The smallest absolute Gasteiger partial charge is 0.425 e. The Kier molecular flexibility index (Phi) is 6.61. The molecule has 0 aliphatic heterocycles. The highest BCUT2D eigenvalue weighted by atomic mass is 19.4. The summed E-state index contributed by atoms with van der Waals surface area (Å²) in [6, 6.07) is 11.8. The molecule has 4 nitrogen and oxygen atoms in total. The van der Waals surface area contributed by atoms with Crippen LogP contribution < -0.4 is 4.74 Å². The second-order valence-corrected chi connectivity index (χ2v) is 6.99. The van der Waals surface area contributed by atoms with Gasteiger partial charge in [0.25, 0.3) is 0 Å². The molecule has 0 saturated carbocycles. The number of hydrogen-bond acceptors (Lipinski definition) is 4. The third-order valence-electron chi connectivity index (χ3n) is 4.57. The Hall–Kier alpha value is -3.30. The number of pyridine rings is 1. The Morgan fingerprint density at radius 3 is 2.47 bits per heavy atom. The normalized spacial score (nSPS) is 13.8. The number of alkyl halides is 6. The molecule has 0 saturated heterocycles. The Labute approximate surface area is 179 Å². The SMILES string of the molecule is C/C(=N\OCc1ccc(OC(C)C(F)(F)F)c(C(F)(F)F)c1)c1ccc2ncccc2c1. The Morgan fingerprint density at radius 1 is 1.03 bits per heavy atom. The summed E-state index contributed by atoms with van der Waals surface area (Å²) >= 11 is 0. The molecule has 2 aromatic carbocycles. The Bertz CT molecular complexity index is 1130. The molecular formula is C22H18F6N2O2. The first-order valence-electron chi connectivity index (χ1n) is 9.40. The van der Waals surface area contributed by atoms with Gasteiger partial charge in [-0.3, -0.25) is 4.98 Å². The van der Waals surface area contributed by atoms with E-state index in [2.05, 4.69) is 14.9 Å². The molecular weight excluding hydrogens is 438 g/mol. The van der Waals surface area contributed by atoms with Crippen LogP contribution in [0.3, 0.4) is 0 Å². The number of fused-ring (bicyclic) bond motifs is 1. The third kappa shape index (κ3) is 5.68. The van der Waals surface area contributed by atoms with Gasteiger partial charge < -0.3 is 9.57 Å². The summed E-state index contributed by atoms with van der Waals surface area (Å²) in [6.45, 7) is 2.00. The molecule has 1 atom stereocenters. The van der Waals surface area contributed by atoms with Gasteiger partial charge in [-0.05, 0) is 55.3 Å². The first-order chi connectivity index (χ1) is 14.9. The topological polar surface area (TPSA) is 43.7 Å².